The minimum Gasteiger partial charge on any atom is -0.310 e. The third-order valence-electron chi connectivity index (χ3n) is 2.99. The van der Waals surface area contributed by atoms with Crippen molar-refractivity contribution < 1.29 is 0 Å². The van der Waals surface area contributed by atoms with E-state index in [1.165, 1.54) is 36.1 Å². The molecule has 0 unspecified atom stereocenters. The van der Waals surface area contributed by atoms with Gasteiger partial charge in [-0.05, 0) is 49.9 Å². The summed E-state index contributed by atoms with van der Waals surface area (Å²) in [4.78, 5) is 0. The standard InChI is InChI=1S/C12H17N.ClH/c1-9-5-6-11(8-10(9)2)12-4-3-7-13-12;/h5-6,8,12-13H,3-4,7H2,1-2H3;1H/t12-;/m1./s1. The molecule has 1 fully saturated rings. The van der Waals surface area contributed by atoms with Gasteiger partial charge in [0.25, 0.3) is 0 Å². The van der Waals surface area contributed by atoms with Crippen LogP contribution in [0, 0.1) is 13.8 Å². The lowest BCUT2D eigenvalue weighted by Crippen LogP contribution is -2.12. The molecule has 1 aromatic carbocycles. The monoisotopic (exact) mass is 211 g/mol. The first-order valence-electron chi connectivity index (χ1n) is 5.08. The van der Waals surface area contributed by atoms with Gasteiger partial charge in [-0.15, -0.1) is 12.4 Å². The Kier molecular flexibility index (Phi) is 3.97. The van der Waals surface area contributed by atoms with Gasteiger partial charge in [-0.3, -0.25) is 0 Å². The van der Waals surface area contributed by atoms with Gasteiger partial charge in [0.1, 0.15) is 0 Å². The zero-order valence-corrected chi connectivity index (χ0v) is 9.66. The van der Waals surface area contributed by atoms with Gasteiger partial charge in [0.05, 0.1) is 0 Å². The van der Waals surface area contributed by atoms with E-state index in [4.69, 9.17) is 0 Å². The topological polar surface area (TPSA) is 12.0 Å². The molecule has 1 nitrogen and oxygen atoms in total. The molecule has 0 radical (unpaired) electrons. The maximum Gasteiger partial charge on any atom is 0.0320 e. The SMILES string of the molecule is Cc1ccc([C@H]2CCCN2)cc1C.Cl. The molecule has 0 saturated carbocycles. The summed E-state index contributed by atoms with van der Waals surface area (Å²) in [5.41, 5.74) is 4.26. The fraction of sp³-hybridized carbons (Fsp3) is 0.500. The van der Waals surface area contributed by atoms with Crippen LogP contribution >= 0.6 is 12.4 Å². The van der Waals surface area contributed by atoms with E-state index in [2.05, 4.69) is 37.4 Å². The molecule has 1 N–H and O–H groups in total. The summed E-state index contributed by atoms with van der Waals surface area (Å²) in [5.74, 6) is 0. The molecule has 1 aliphatic heterocycles. The normalized spacial score (nSPS) is 20.6. The van der Waals surface area contributed by atoms with Crippen LogP contribution in [-0.4, -0.2) is 6.54 Å². The zero-order valence-electron chi connectivity index (χ0n) is 8.84. The molecule has 14 heavy (non-hydrogen) atoms. The van der Waals surface area contributed by atoms with E-state index in [1.54, 1.807) is 0 Å². The highest BCUT2D eigenvalue weighted by molar-refractivity contribution is 5.85. The van der Waals surface area contributed by atoms with E-state index in [0.717, 1.165) is 0 Å². The lowest BCUT2D eigenvalue weighted by molar-refractivity contribution is 0.647. The van der Waals surface area contributed by atoms with Crippen LogP contribution in [0.2, 0.25) is 0 Å². The molecule has 0 aromatic heterocycles. The molecule has 78 valence electrons. The van der Waals surface area contributed by atoms with Gasteiger partial charge in [0.2, 0.25) is 0 Å². The van der Waals surface area contributed by atoms with Crippen molar-refractivity contribution in [3.8, 4) is 0 Å². The second kappa shape index (κ2) is 4.81. The van der Waals surface area contributed by atoms with Crippen LogP contribution in [0.4, 0.5) is 0 Å². The van der Waals surface area contributed by atoms with Gasteiger partial charge < -0.3 is 5.32 Å². The fourth-order valence-corrected chi connectivity index (χ4v) is 1.95. The van der Waals surface area contributed by atoms with E-state index in [0.29, 0.717) is 6.04 Å². The summed E-state index contributed by atoms with van der Waals surface area (Å²) in [5, 5.41) is 3.52. The van der Waals surface area contributed by atoms with Gasteiger partial charge in [0.15, 0.2) is 0 Å². The molecule has 1 heterocycles. The lowest BCUT2D eigenvalue weighted by Gasteiger charge is -2.12. The average Bonchev–Trinajstić information content (AvgIpc) is 2.62. The molecule has 2 heteroatoms. The Bertz CT molecular complexity index is 303. The highest BCUT2D eigenvalue weighted by Gasteiger charge is 2.15. The number of hydrogen-bond acceptors (Lipinski definition) is 1. The molecule has 0 aliphatic carbocycles. The maximum atomic E-state index is 3.52. The minimum atomic E-state index is 0. The first kappa shape index (κ1) is 11.5. The number of halogens is 1. The molecular formula is C12H18ClN. The Balaban J connectivity index is 0.000000980. The summed E-state index contributed by atoms with van der Waals surface area (Å²) < 4.78 is 0. The minimum absolute atomic E-state index is 0. The zero-order chi connectivity index (χ0) is 9.26. The number of aryl methyl sites for hydroxylation is 2. The Morgan fingerprint density at radius 1 is 1.21 bits per heavy atom. The third kappa shape index (κ3) is 2.28. The molecule has 1 atom stereocenters. The highest BCUT2D eigenvalue weighted by atomic mass is 35.5. The maximum absolute atomic E-state index is 3.52. The van der Waals surface area contributed by atoms with Crippen molar-refractivity contribution >= 4 is 12.4 Å². The lowest BCUT2D eigenvalue weighted by atomic mass is 10.0. The molecule has 2 rings (SSSR count). The van der Waals surface area contributed by atoms with E-state index >= 15 is 0 Å². The Labute approximate surface area is 92.3 Å². The van der Waals surface area contributed by atoms with Crippen LogP contribution in [0.3, 0.4) is 0 Å². The van der Waals surface area contributed by atoms with Crippen LogP contribution in [-0.2, 0) is 0 Å². The van der Waals surface area contributed by atoms with Crippen LogP contribution in [0.25, 0.3) is 0 Å². The Hall–Kier alpha value is -0.530. The van der Waals surface area contributed by atoms with Gasteiger partial charge in [-0.2, -0.15) is 0 Å². The van der Waals surface area contributed by atoms with E-state index in [-0.39, 0.29) is 12.4 Å². The van der Waals surface area contributed by atoms with Gasteiger partial charge in [0, 0.05) is 6.04 Å². The van der Waals surface area contributed by atoms with Crippen LogP contribution < -0.4 is 5.32 Å². The van der Waals surface area contributed by atoms with Crippen molar-refractivity contribution in [1.29, 1.82) is 0 Å². The number of benzene rings is 1. The van der Waals surface area contributed by atoms with E-state index in [1.807, 2.05) is 0 Å². The number of nitrogens with one attached hydrogen (secondary N) is 1. The van der Waals surface area contributed by atoms with Gasteiger partial charge in [-0.1, -0.05) is 18.2 Å². The first-order valence-corrected chi connectivity index (χ1v) is 5.08. The van der Waals surface area contributed by atoms with Crippen molar-refractivity contribution in [3.63, 3.8) is 0 Å². The molecular weight excluding hydrogens is 194 g/mol. The predicted molar refractivity (Wildman–Crippen MR) is 63.1 cm³/mol. The van der Waals surface area contributed by atoms with Crippen LogP contribution in [0.1, 0.15) is 35.6 Å². The summed E-state index contributed by atoms with van der Waals surface area (Å²) in [6, 6.07) is 7.41. The largest absolute Gasteiger partial charge is 0.310 e. The Morgan fingerprint density at radius 2 is 2.00 bits per heavy atom. The summed E-state index contributed by atoms with van der Waals surface area (Å²) >= 11 is 0. The van der Waals surface area contributed by atoms with Gasteiger partial charge >= 0.3 is 0 Å². The van der Waals surface area contributed by atoms with Crippen molar-refractivity contribution in [2.75, 3.05) is 6.54 Å². The van der Waals surface area contributed by atoms with Gasteiger partial charge in [-0.25, -0.2) is 0 Å². The second-order valence-electron chi connectivity index (χ2n) is 3.99. The molecule has 0 spiro atoms. The molecule has 1 saturated heterocycles. The van der Waals surface area contributed by atoms with Crippen LogP contribution in [0.5, 0.6) is 0 Å². The van der Waals surface area contributed by atoms with Crippen molar-refractivity contribution in [2.24, 2.45) is 0 Å². The first-order chi connectivity index (χ1) is 6.27. The summed E-state index contributed by atoms with van der Waals surface area (Å²) in [6.45, 7) is 5.53. The van der Waals surface area contributed by atoms with Crippen molar-refractivity contribution in [1.82, 2.24) is 5.32 Å². The molecule has 1 aromatic rings. The fourth-order valence-electron chi connectivity index (χ4n) is 1.95. The summed E-state index contributed by atoms with van der Waals surface area (Å²) in [6.07, 6.45) is 2.61. The van der Waals surface area contributed by atoms with E-state index < -0.39 is 0 Å². The quantitative estimate of drug-likeness (QED) is 0.753. The molecule has 0 bridgehead atoms. The predicted octanol–water partition coefficient (Wildman–Crippen LogP) is 3.15. The second-order valence-corrected chi connectivity index (χ2v) is 3.99. The van der Waals surface area contributed by atoms with Crippen molar-refractivity contribution in [3.05, 3.63) is 34.9 Å². The average molecular weight is 212 g/mol. The molecule has 0 amide bonds. The van der Waals surface area contributed by atoms with E-state index in [9.17, 15) is 0 Å². The van der Waals surface area contributed by atoms with Crippen molar-refractivity contribution in [2.45, 2.75) is 32.7 Å². The summed E-state index contributed by atoms with van der Waals surface area (Å²) in [7, 11) is 0. The third-order valence-corrected chi connectivity index (χ3v) is 2.99. The smallest absolute Gasteiger partial charge is 0.0320 e. The highest BCUT2D eigenvalue weighted by Crippen LogP contribution is 2.24. The molecule has 1 aliphatic rings. The number of rotatable bonds is 1. The van der Waals surface area contributed by atoms with Crippen LogP contribution in [0.15, 0.2) is 18.2 Å². The Morgan fingerprint density at radius 3 is 2.57 bits per heavy atom. The number of hydrogen-bond donors (Lipinski definition) is 1.